The second-order valence-electron chi connectivity index (χ2n) is 4.21. The molecular formula is C14H16N2O2. The summed E-state index contributed by atoms with van der Waals surface area (Å²) < 4.78 is 5.15. The summed E-state index contributed by atoms with van der Waals surface area (Å²) in [5.74, 6) is 0.494. The van der Waals surface area contributed by atoms with Crippen LogP contribution in [-0.2, 0) is 6.42 Å². The normalized spacial score (nSPS) is 10.3. The third kappa shape index (κ3) is 2.97. The van der Waals surface area contributed by atoms with Crippen LogP contribution >= 0.6 is 0 Å². The molecule has 0 aliphatic rings. The Bertz CT molecular complexity index is 546. The third-order valence-electron chi connectivity index (χ3n) is 2.76. The molecule has 0 saturated carbocycles. The van der Waals surface area contributed by atoms with E-state index in [1.165, 1.54) is 17.3 Å². The van der Waals surface area contributed by atoms with Crippen LogP contribution in [0.1, 0.15) is 27.6 Å². The summed E-state index contributed by atoms with van der Waals surface area (Å²) in [5, 5.41) is 2.79. The van der Waals surface area contributed by atoms with Crippen LogP contribution in [0.25, 0.3) is 0 Å². The zero-order chi connectivity index (χ0) is 13.0. The number of aryl methyl sites for hydroxylation is 2. The second-order valence-corrected chi connectivity index (χ2v) is 4.21. The maximum atomic E-state index is 11.7. The van der Waals surface area contributed by atoms with E-state index in [1.54, 1.807) is 6.92 Å². The highest BCUT2D eigenvalue weighted by Crippen LogP contribution is 2.07. The van der Waals surface area contributed by atoms with Crippen LogP contribution in [0.4, 0.5) is 0 Å². The lowest BCUT2D eigenvalue weighted by Crippen LogP contribution is -2.26. The number of nitrogens with zero attached hydrogens (tertiary/aromatic N) is 1. The van der Waals surface area contributed by atoms with Gasteiger partial charge in [-0.2, -0.15) is 0 Å². The van der Waals surface area contributed by atoms with Crippen molar-refractivity contribution >= 4 is 5.91 Å². The highest BCUT2D eigenvalue weighted by molar-refractivity contribution is 5.89. The molecule has 2 rings (SSSR count). The monoisotopic (exact) mass is 244 g/mol. The minimum atomic E-state index is -0.267. The first-order chi connectivity index (χ1) is 8.66. The number of benzene rings is 1. The third-order valence-corrected chi connectivity index (χ3v) is 2.76. The summed E-state index contributed by atoms with van der Waals surface area (Å²) in [6.07, 6.45) is 2.34. The lowest BCUT2D eigenvalue weighted by atomic mass is 10.1. The SMILES string of the molecule is Cc1cnc(C(=O)NCCc2ccccc2C)o1. The first-order valence-electron chi connectivity index (χ1n) is 5.92. The molecule has 0 radical (unpaired) electrons. The maximum Gasteiger partial charge on any atom is 0.307 e. The van der Waals surface area contributed by atoms with Crippen molar-refractivity contribution in [1.82, 2.24) is 10.3 Å². The van der Waals surface area contributed by atoms with Crippen LogP contribution < -0.4 is 5.32 Å². The van der Waals surface area contributed by atoms with Crippen molar-refractivity contribution in [3.63, 3.8) is 0 Å². The molecule has 94 valence electrons. The molecule has 1 amide bonds. The van der Waals surface area contributed by atoms with E-state index in [9.17, 15) is 4.79 Å². The molecule has 0 fully saturated rings. The Hall–Kier alpha value is -2.10. The summed E-state index contributed by atoms with van der Waals surface area (Å²) in [6.45, 7) is 4.40. The van der Waals surface area contributed by atoms with E-state index in [0.717, 1.165) is 6.42 Å². The van der Waals surface area contributed by atoms with Crippen LogP contribution in [0.15, 0.2) is 34.9 Å². The van der Waals surface area contributed by atoms with Crippen molar-refractivity contribution in [1.29, 1.82) is 0 Å². The molecular weight excluding hydrogens is 228 g/mol. The topological polar surface area (TPSA) is 55.1 Å². The van der Waals surface area contributed by atoms with Gasteiger partial charge in [-0.3, -0.25) is 4.79 Å². The van der Waals surface area contributed by atoms with E-state index >= 15 is 0 Å². The van der Waals surface area contributed by atoms with Gasteiger partial charge in [0.25, 0.3) is 5.89 Å². The van der Waals surface area contributed by atoms with E-state index in [-0.39, 0.29) is 11.8 Å². The molecule has 4 nitrogen and oxygen atoms in total. The zero-order valence-corrected chi connectivity index (χ0v) is 10.6. The van der Waals surface area contributed by atoms with Crippen LogP contribution in [0.2, 0.25) is 0 Å². The molecule has 0 bridgehead atoms. The van der Waals surface area contributed by atoms with E-state index in [4.69, 9.17) is 4.42 Å². The van der Waals surface area contributed by atoms with E-state index < -0.39 is 0 Å². The van der Waals surface area contributed by atoms with Gasteiger partial charge in [0.05, 0.1) is 6.20 Å². The fourth-order valence-electron chi connectivity index (χ4n) is 1.74. The highest BCUT2D eigenvalue weighted by Gasteiger charge is 2.10. The quantitative estimate of drug-likeness (QED) is 0.897. The van der Waals surface area contributed by atoms with Gasteiger partial charge in [0.2, 0.25) is 0 Å². The molecule has 0 aliphatic carbocycles. The number of hydrogen-bond acceptors (Lipinski definition) is 3. The van der Waals surface area contributed by atoms with Gasteiger partial charge in [0, 0.05) is 6.54 Å². The lowest BCUT2D eigenvalue weighted by molar-refractivity contribution is 0.0918. The van der Waals surface area contributed by atoms with Crippen molar-refractivity contribution < 1.29 is 9.21 Å². The van der Waals surface area contributed by atoms with Crippen molar-refractivity contribution in [2.24, 2.45) is 0 Å². The molecule has 0 aliphatic heterocycles. The van der Waals surface area contributed by atoms with E-state index in [1.807, 2.05) is 12.1 Å². The number of aromatic nitrogens is 1. The molecule has 1 heterocycles. The van der Waals surface area contributed by atoms with Crippen molar-refractivity contribution in [2.45, 2.75) is 20.3 Å². The molecule has 2 aromatic rings. The van der Waals surface area contributed by atoms with Crippen molar-refractivity contribution in [3.05, 3.63) is 53.2 Å². The average Bonchev–Trinajstić information content (AvgIpc) is 2.78. The number of oxazole rings is 1. The fraction of sp³-hybridized carbons (Fsp3) is 0.286. The highest BCUT2D eigenvalue weighted by atomic mass is 16.4. The summed E-state index contributed by atoms with van der Waals surface area (Å²) in [6, 6.07) is 8.14. The molecule has 0 atom stereocenters. The number of amides is 1. The number of carbonyl (C=O) groups is 1. The van der Waals surface area contributed by atoms with Gasteiger partial charge in [-0.05, 0) is 31.4 Å². The molecule has 1 N–H and O–H groups in total. The van der Waals surface area contributed by atoms with Gasteiger partial charge >= 0.3 is 5.91 Å². The predicted octanol–water partition coefficient (Wildman–Crippen LogP) is 2.26. The minimum absolute atomic E-state index is 0.122. The Morgan fingerprint density at radius 3 is 2.78 bits per heavy atom. The Kier molecular flexibility index (Phi) is 3.77. The number of rotatable bonds is 4. The van der Waals surface area contributed by atoms with Gasteiger partial charge < -0.3 is 9.73 Å². The smallest absolute Gasteiger partial charge is 0.307 e. The minimum Gasteiger partial charge on any atom is -0.438 e. The number of carbonyl (C=O) groups excluding carboxylic acids is 1. The molecule has 1 aromatic carbocycles. The van der Waals surface area contributed by atoms with Crippen molar-refractivity contribution in [3.8, 4) is 0 Å². The summed E-state index contributed by atoms with van der Waals surface area (Å²) in [5.41, 5.74) is 2.47. The summed E-state index contributed by atoms with van der Waals surface area (Å²) in [4.78, 5) is 15.5. The Morgan fingerprint density at radius 1 is 1.33 bits per heavy atom. The molecule has 0 saturated heterocycles. The summed E-state index contributed by atoms with van der Waals surface area (Å²) >= 11 is 0. The largest absolute Gasteiger partial charge is 0.438 e. The standard InChI is InChI=1S/C14H16N2O2/c1-10-5-3-4-6-12(10)7-8-15-13(17)14-16-9-11(2)18-14/h3-6,9H,7-8H2,1-2H3,(H,15,17). The first kappa shape index (κ1) is 12.4. The van der Waals surface area contributed by atoms with Crippen molar-refractivity contribution in [2.75, 3.05) is 6.54 Å². The number of nitrogens with one attached hydrogen (secondary N) is 1. The Morgan fingerprint density at radius 2 is 2.11 bits per heavy atom. The molecule has 1 aromatic heterocycles. The number of hydrogen-bond donors (Lipinski definition) is 1. The van der Waals surface area contributed by atoms with Gasteiger partial charge in [0.15, 0.2) is 0 Å². The zero-order valence-electron chi connectivity index (χ0n) is 10.6. The lowest BCUT2D eigenvalue weighted by Gasteiger charge is -2.05. The first-order valence-corrected chi connectivity index (χ1v) is 5.92. The van der Waals surface area contributed by atoms with Crippen LogP contribution in [-0.4, -0.2) is 17.4 Å². The molecule has 0 spiro atoms. The molecule has 0 unspecified atom stereocenters. The fourth-order valence-corrected chi connectivity index (χ4v) is 1.74. The van der Waals surface area contributed by atoms with Crippen LogP contribution in [0, 0.1) is 13.8 Å². The predicted molar refractivity (Wildman–Crippen MR) is 68.5 cm³/mol. The molecule has 18 heavy (non-hydrogen) atoms. The van der Waals surface area contributed by atoms with E-state index in [0.29, 0.717) is 12.3 Å². The van der Waals surface area contributed by atoms with Gasteiger partial charge in [-0.1, -0.05) is 24.3 Å². The van der Waals surface area contributed by atoms with Crippen LogP contribution in [0.3, 0.4) is 0 Å². The van der Waals surface area contributed by atoms with Gasteiger partial charge in [0.1, 0.15) is 5.76 Å². The van der Waals surface area contributed by atoms with Gasteiger partial charge in [-0.25, -0.2) is 4.98 Å². The average molecular weight is 244 g/mol. The Labute approximate surface area is 106 Å². The summed E-state index contributed by atoms with van der Waals surface area (Å²) in [7, 11) is 0. The van der Waals surface area contributed by atoms with E-state index in [2.05, 4.69) is 29.4 Å². The second kappa shape index (κ2) is 5.49. The van der Waals surface area contributed by atoms with Gasteiger partial charge in [-0.15, -0.1) is 0 Å². The maximum absolute atomic E-state index is 11.7. The van der Waals surface area contributed by atoms with Crippen LogP contribution in [0.5, 0.6) is 0 Å². The molecule has 4 heteroatoms. The Balaban J connectivity index is 1.86.